The van der Waals surface area contributed by atoms with E-state index >= 15 is 0 Å². The molecule has 0 radical (unpaired) electrons. The van der Waals surface area contributed by atoms with Gasteiger partial charge in [0.15, 0.2) is 11.2 Å². The molecule has 1 unspecified atom stereocenters. The molecule has 5 rings (SSSR count). The first-order valence-corrected chi connectivity index (χ1v) is 20.2. The first-order valence-electron chi connectivity index (χ1n) is 18.7. The first-order chi connectivity index (χ1) is 29.5. The number of anilines is 4. The zero-order valence-corrected chi connectivity index (χ0v) is 33.8. The largest absolute Gasteiger partial charge is 0.481 e. The minimum Gasteiger partial charge on any atom is -0.481 e. The Morgan fingerprint density at radius 1 is 0.887 bits per heavy atom. The van der Waals surface area contributed by atoms with Gasteiger partial charge in [-0.1, -0.05) is 12.1 Å². The van der Waals surface area contributed by atoms with Crippen LogP contribution >= 0.6 is 7.82 Å². The second-order valence-corrected chi connectivity index (χ2v) is 14.7. The number of amides is 2. The van der Waals surface area contributed by atoms with Crippen molar-refractivity contribution < 1.29 is 60.7 Å². The Balaban J connectivity index is 1.25. The van der Waals surface area contributed by atoms with Crippen molar-refractivity contribution in [1.29, 1.82) is 0 Å². The van der Waals surface area contributed by atoms with E-state index in [1.807, 2.05) is 0 Å². The number of hydrogen-bond acceptors (Lipinski definition) is 14. The highest BCUT2D eigenvalue weighted by Gasteiger charge is 2.32. The van der Waals surface area contributed by atoms with Gasteiger partial charge in [-0.25, -0.2) is 19.3 Å². The fourth-order valence-corrected chi connectivity index (χ4v) is 6.77. The molecule has 0 saturated carbocycles. The Kier molecular flexibility index (Phi) is 15.5. The maximum atomic E-state index is 13.8. The zero-order valence-electron chi connectivity index (χ0n) is 32.9. The second-order valence-electron chi connectivity index (χ2n) is 13.1. The molecule has 0 bridgehead atoms. The lowest BCUT2D eigenvalue weighted by atomic mass is 10.1. The minimum atomic E-state index is -4.78. The van der Waals surface area contributed by atoms with Crippen molar-refractivity contribution in [3.8, 4) is 0 Å². The topological polar surface area (TPSA) is 273 Å². The maximum absolute atomic E-state index is 13.8. The number of halogens is 3. The predicted octanol–water partition coefficient (Wildman–Crippen LogP) is 6.13. The van der Waals surface area contributed by atoms with Crippen molar-refractivity contribution in [2.75, 3.05) is 35.8 Å². The van der Waals surface area contributed by atoms with Gasteiger partial charge in [0.05, 0.1) is 55.1 Å². The van der Waals surface area contributed by atoms with E-state index < -0.39 is 61.3 Å². The van der Waals surface area contributed by atoms with Crippen molar-refractivity contribution >= 4 is 65.8 Å². The van der Waals surface area contributed by atoms with E-state index in [2.05, 4.69) is 41.2 Å². The second kappa shape index (κ2) is 20.7. The van der Waals surface area contributed by atoms with Crippen molar-refractivity contribution in [1.82, 2.24) is 25.3 Å². The number of carboxylic acid groups (broad SMARTS) is 2. The van der Waals surface area contributed by atoms with E-state index in [9.17, 15) is 46.8 Å². The van der Waals surface area contributed by atoms with E-state index in [1.165, 1.54) is 30.5 Å². The van der Waals surface area contributed by atoms with Gasteiger partial charge in [0.2, 0.25) is 5.95 Å². The molecule has 0 aliphatic carbocycles. The number of H-pyrrole nitrogens is 1. The van der Waals surface area contributed by atoms with Crippen LogP contribution in [-0.4, -0.2) is 79.8 Å². The molecule has 0 aliphatic heterocycles. The Morgan fingerprint density at radius 3 is 2.19 bits per heavy atom. The maximum Gasteiger partial charge on any atom is 0.474 e. The number of fused-ring (bicyclic) bond motifs is 1. The van der Waals surface area contributed by atoms with Gasteiger partial charge in [-0.05, 0) is 86.8 Å². The summed E-state index contributed by atoms with van der Waals surface area (Å²) in [5.41, 5.74) is -0.853. The number of hydrogen-bond donors (Lipinski definition) is 7. The average molecular weight is 885 g/mol. The van der Waals surface area contributed by atoms with Gasteiger partial charge in [-0.3, -0.25) is 37.7 Å². The molecule has 2 aromatic heterocycles. The molecule has 0 fully saturated rings. The third kappa shape index (κ3) is 12.9. The number of aliphatic carboxylic acids is 2. The molecule has 2 heterocycles. The highest BCUT2D eigenvalue weighted by molar-refractivity contribution is 7.48. The molecular weight excluding hydrogens is 844 g/mol. The first kappa shape index (κ1) is 46.3. The van der Waals surface area contributed by atoms with Gasteiger partial charge >= 0.3 is 25.9 Å². The van der Waals surface area contributed by atoms with Crippen LogP contribution in [0.3, 0.4) is 0 Å². The Hall–Kier alpha value is -6.74. The number of nitrogens with one attached hydrogen (secondary N) is 5. The molecule has 1 atom stereocenters. The molecule has 23 heteroatoms. The Morgan fingerprint density at radius 2 is 1.56 bits per heavy atom. The summed E-state index contributed by atoms with van der Waals surface area (Å²) < 4.78 is 69.4. The van der Waals surface area contributed by atoms with E-state index in [0.29, 0.717) is 23.9 Å². The van der Waals surface area contributed by atoms with Crippen molar-refractivity contribution in [3.63, 3.8) is 0 Å². The van der Waals surface area contributed by atoms with E-state index in [4.69, 9.17) is 18.7 Å². The van der Waals surface area contributed by atoms with Crippen LogP contribution in [0.15, 0.2) is 77.7 Å². The Labute approximate surface area is 350 Å². The van der Waals surface area contributed by atoms with Crippen molar-refractivity contribution in [3.05, 3.63) is 111 Å². The minimum absolute atomic E-state index is 0.0142. The van der Waals surface area contributed by atoms with E-state index in [-0.39, 0.29) is 72.4 Å². The molecule has 62 heavy (non-hydrogen) atoms. The van der Waals surface area contributed by atoms with Crippen LogP contribution in [0, 0.1) is 0 Å². The highest BCUT2D eigenvalue weighted by Crippen LogP contribution is 2.49. The van der Waals surface area contributed by atoms with Crippen molar-refractivity contribution in [2.45, 2.75) is 51.9 Å². The van der Waals surface area contributed by atoms with Gasteiger partial charge in [-0.15, -0.1) is 0 Å². The van der Waals surface area contributed by atoms with E-state index in [1.54, 1.807) is 38.1 Å². The number of carbonyl (C=O) groups excluding carboxylic acids is 2. The monoisotopic (exact) mass is 884 g/mol. The van der Waals surface area contributed by atoms with Crippen molar-refractivity contribution in [2.24, 2.45) is 0 Å². The van der Waals surface area contributed by atoms with Crippen LogP contribution in [0.5, 0.6) is 0 Å². The van der Waals surface area contributed by atoms with Crippen LogP contribution in [-0.2, 0) is 46.9 Å². The number of phosphoric acid groups is 1. The highest BCUT2D eigenvalue weighted by atomic mass is 31.2. The molecule has 2 amide bonds. The number of nitrogens with zero attached hydrogens (tertiary/aromatic N) is 3. The lowest BCUT2D eigenvalue weighted by Gasteiger charge is -2.16. The molecule has 5 aromatic rings. The summed E-state index contributed by atoms with van der Waals surface area (Å²) in [6, 6.07) is 13.3. The van der Waals surface area contributed by atoms with Gasteiger partial charge < -0.3 is 31.5 Å². The van der Waals surface area contributed by atoms with Crippen LogP contribution in [0.25, 0.3) is 11.2 Å². The number of carboxylic acids is 2. The number of phosphoric ester groups is 1. The number of alkyl halides is 3. The zero-order chi connectivity index (χ0) is 45.0. The summed E-state index contributed by atoms with van der Waals surface area (Å²) in [6.07, 6.45) is -3.90. The molecular formula is C39H40F3N8O11P. The van der Waals surface area contributed by atoms with Crippen LogP contribution in [0.2, 0.25) is 0 Å². The lowest BCUT2D eigenvalue weighted by molar-refractivity contribution is -0.141. The predicted molar refractivity (Wildman–Crippen MR) is 217 cm³/mol. The summed E-state index contributed by atoms with van der Waals surface area (Å²) in [7, 11) is -3.70. The summed E-state index contributed by atoms with van der Waals surface area (Å²) in [5.74, 6) is -4.42. The number of benzene rings is 3. The van der Waals surface area contributed by atoms with Gasteiger partial charge in [-0.2, -0.15) is 18.2 Å². The molecule has 328 valence electrons. The van der Waals surface area contributed by atoms with Crippen LogP contribution in [0.4, 0.5) is 36.2 Å². The van der Waals surface area contributed by atoms with Crippen LogP contribution in [0.1, 0.15) is 64.2 Å². The fourth-order valence-electron chi connectivity index (χ4n) is 5.60. The third-order valence-corrected chi connectivity index (χ3v) is 10.3. The van der Waals surface area contributed by atoms with Crippen LogP contribution < -0.4 is 26.8 Å². The fraction of sp³-hybridized carbons (Fsp3) is 0.282. The molecule has 0 saturated heterocycles. The van der Waals surface area contributed by atoms with Gasteiger partial charge in [0.25, 0.3) is 17.4 Å². The molecule has 19 nitrogen and oxygen atoms in total. The normalized spacial score (nSPS) is 12.1. The molecule has 0 aliphatic rings. The van der Waals surface area contributed by atoms with E-state index in [0.717, 1.165) is 17.7 Å². The molecule has 3 aromatic carbocycles. The average Bonchev–Trinajstić information content (AvgIpc) is 3.22. The number of aromatic nitrogens is 4. The summed E-state index contributed by atoms with van der Waals surface area (Å²) in [6.45, 7) is 3.61. The number of carbonyl (C=O) groups is 4. The standard InChI is InChI=1S/C39H40F3N8O11P/c1-3-59-62(58,60-4-2)61-18-17-22-5-10-26(11-6-22)46-35(54)28-14-9-24(39(40,41)42)19-30(28)48-38-49-33-32(36(55)50-38)45-27(21-44-33)20-43-25-12-7-23(8-13-25)34(53)47-29(37(56)57)15-16-31(51)52/h5-14,19,21,29,43H,3-4,15-18,20H2,1-2H3,(H,46,54)(H,47,53)(H,51,52)(H,56,57)(H2,44,48,49,50,55). The SMILES string of the molecule is CCOP(=O)(OCC)OCCc1ccc(NC(=O)c2ccc(C(F)(F)F)cc2Nc2nc3ncc(CNc4ccc(C(=O)NC(CCC(=O)O)C(=O)O)cc4)nc3c(=O)[nH]2)cc1. The Bertz CT molecular complexity index is 2510. The van der Waals surface area contributed by atoms with Gasteiger partial charge in [0, 0.05) is 23.4 Å². The number of rotatable bonds is 21. The van der Waals surface area contributed by atoms with Gasteiger partial charge in [0.1, 0.15) is 6.04 Å². The summed E-state index contributed by atoms with van der Waals surface area (Å²) in [5, 5.41) is 28.7. The molecule has 0 spiro atoms. The quantitative estimate of drug-likeness (QED) is 0.0409. The third-order valence-electron chi connectivity index (χ3n) is 8.61. The summed E-state index contributed by atoms with van der Waals surface area (Å²) >= 11 is 0. The number of aromatic amines is 1. The molecule has 7 N–H and O–H groups in total. The lowest BCUT2D eigenvalue weighted by Crippen LogP contribution is -2.41. The smallest absolute Gasteiger partial charge is 0.474 e. The summed E-state index contributed by atoms with van der Waals surface area (Å²) in [4.78, 5) is 76.4.